The summed E-state index contributed by atoms with van der Waals surface area (Å²) in [6.07, 6.45) is 31.9. The largest absolute Gasteiger partial charge is 0.472 e. The molecule has 0 spiro atoms. The summed E-state index contributed by atoms with van der Waals surface area (Å²) in [5.74, 6) is -1.20. The molecule has 3 unspecified atom stereocenters. The van der Waals surface area contributed by atoms with Crippen LogP contribution in [0.2, 0.25) is 0 Å². The van der Waals surface area contributed by atoms with Crippen LogP contribution in [-0.4, -0.2) is 110 Å². The van der Waals surface area contributed by atoms with Crippen LogP contribution in [0.15, 0.2) is 72.9 Å². The number of unbranched alkanes of at least 4 members (excludes halogenated alkanes) is 14. The molecular formula is C49H83O14P. The molecule has 1 aliphatic carbocycles. The van der Waals surface area contributed by atoms with E-state index in [-0.39, 0.29) is 12.8 Å². The van der Waals surface area contributed by atoms with Gasteiger partial charge in [0.2, 0.25) is 0 Å². The number of ether oxygens (including phenoxy) is 2. The van der Waals surface area contributed by atoms with Crippen LogP contribution in [0.3, 0.4) is 0 Å². The van der Waals surface area contributed by atoms with Gasteiger partial charge in [-0.25, -0.2) is 4.57 Å². The molecule has 1 fully saturated rings. The van der Waals surface area contributed by atoms with Crippen LogP contribution in [0.1, 0.15) is 162 Å². The van der Waals surface area contributed by atoms with Gasteiger partial charge in [-0.2, -0.15) is 0 Å². The van der Waals surface area contributed by atoms with Gasteiger partial charge in [-0.15, -0.1) is 0 Å². The number of hydrogen-bond donors (Lipinski definition) is 7. The van der Waals surface area contributed by atoms with E-state index in [1.54, 1.807) is 6.08 Å². The second-order valence-corrected chi connectivity index (χ2v) is 17.8. The first-order valence-corrected chi connectivity index (χ1v) is 25.3. The van der Waals surface area contributed by atoms with Crippen molar-refractivity contribution in [1.82, 2.24) is 0 Å². The van der Waals surface area contributed by atoms with Gasteiger partial charge in [-0.3, -0.25) is 18.6 Å². The number of phosphoric acid groups is 1. The highest BCUT2D eigenvalue weighted by Gasteiger charge is 2.51. The van der Waals surface area contributed by atoms with Crippen LogP contribution < -0.4 is 0 Å². The first kappa shape index (κ1) is 59.3. The molecular weight excluding hydrogens is 843 g/mol. The molecule has 64 heavy (non-hydrogen) atoms. The molecule has 7 N–H and O–H groups in total. The fourth-order valence-corrected chi connectivity index (χ4v) is 7.65. The third kappa shape index (κ3) is 30.5. The van der Waals surface area contributed by atoms with Crippen molar-refractivity contribution >= 4 is 19.8 Å². The summed E-state index contributed by atoms with van der Waals surface area (Å²) >= 11 is 0. The molecule has 0 radical (unpaired) electrons. The van der Waals surface area contributed by atoms with Crippen LogP contribution in [0, 0.1) is 0 Å². The summed E-state index contributed by atoms with van der Waals surface area (Å²) in [4.78, 5) is 35.7. The first-order valence-electron chi connectivity index (χ1n) is 23.8. The zero-order valence-electron chi connectivity index (χ0n) is 38.7. The van der Waals surface area contributed by atoms with E-state index in [4.69, 9.17) is 18.5 Å². The van der Waals surface area contributed by atoms with E-state index >= 15 is 0 Å². The zero-order valence-corrected chi connectivity index (χ0v) is 39.6. The van der Waals surface area contributed by atoms with E-state index in [2.05, 4.69) is 37.3 Å². The highest BCUT2D eigenvalue weighted by molar-refractivity contribution is 7.47. The molecule has 0 amide bonds. The minimum atomic E-state index is -5.15. The average Bonchev–Trinajstić information content (AvgIpc) is 3.28. The monoisotopic (exact) mass is 927 g/mol. The van der Waals surface area contributed by atoms with Crippen molar-refractivity contribution in [3.05, 3.63) is 72.9 Å². The normalized spacial score (nSPS) is 22.7. The van der Waals surface area contributed by atoms with Gasteiger partial charge >= 0.3 is 19.8 Å². The number of carbonyl (C=O) groups excluding carboxylic acids is 2. The second kappa shape index (κ2) is 38.4. The third-order valence-electron chi connectivity index (χ3n) is 10.7. The van der Waals surface area contributed by atoms with Gasteiger partial charge in [0.25, 0.3) is 0 Å². The lowest BCUT2D eigenvalue weighted by molar-refractivity contribution is -0.220. The van der Waals surface area contributed by atoms with E-state index in [0.29, 0.717) is 25.7 Å². The highest BCUT2D eigenvalue weighted by Crippen LogP contribution is 2.47. The Bertz CT molecular complexity index is 1410. The minimum Gasteiger partial charge on any atom is -0.462 e. The molecule has 1 rings (SSSR count). The molecule has 1 aliphatic rings. The number of phosphoric ester groups is 1. The van der Waals surface area contributed by atoms with E-state index in [1.165, 1.54) is 57.8 Å². The summed E-state index contributed by atoms with van der Waals surface area (Å²) < 4.78 is 33.5. The van der Waals surface area contributed by atoms with Crippen molar-refractivity contribution < 1.29 is 68.2 Å². The standard InChI is InChI=1S/C49H83O14P/c1-3-5-6-7-8-9-10-11-12-13-14-18-21-24-27-30-33-36-42(51)60-38-41(39-61-64(58,59)63-49-47(56)45(54)44(53)46(55)48(49)57)62-43(52)37-34-31-28-25-22-19-16-15-17-20-23-26-29-32-35-40(50)4-2/h11-12,16-17,19-20,25-26,28-29,32,35,40-41,44-50,53-57H,3-10,13-15,18,21-24,27,30-31,33-34,36-39H2,1-2H3,(H,58,59)/b12-11-,19-16-,20-17-,28-25-,29-26-,35-32+/t40-,41-,44?,45-,46+,47-,48-,49?/m1/s1. The van der Waals surface area contributed by atoms with Crippen LogP contribution in [0.25, 0.3) is 0 Å². The molecule has 9 atom stereocenters. The van der Waals surface area contributed by atoms with Gasteiger partial charge in [-0.05, 0) is 70.6 Å². The maximum atomic E-state index is 12.8. The molecule has 368 valence electrons. The summed E-state index contributed by atoms with van der Waals surface area (Å²) in [5, 5.41) is 59.7. The van der Waals surface area contributed by atoms with E-state index in [0.717, 1.165) is 51.4 Å². The number of aliphatic hydroxyl groups excluding tert-OH is 6. The molecule has 0 aromatic rings. The van der Waals surface area contributed by atoms with Crippen LogP contribution in [0.4, 0.5) is 0 Å². The quantitative estimate of drug-likeness (QED) is 0.0101. The topological polar surface area (TPSA) is 230 Å². The summed E-state index contributed by atoms with van der Waals surface area (Å²) in [5.41, 5.74) is 0. The van der Waals surface area contributed by atoms with Gasteiger partial charge in [0.1, 0.15) is 43.2 Å². The van der Waals surface area contributed by atoms with Gasteiger partial charge in [-0.1, -0.05) is 151 Å². The van der Waals surface area contributed by atoms with E-state index in [9.17, 15) is 49.7 Å². The minimum absolute atomic E-state index is 0.000641. The van der Waals surface area contributed by atoms with Crippen LogP contribution in [-0.2, 0) is 32.7 Å². The Morgan fingerprint density at radius 3 is 1.61 bits per heavy atom. The van der Waals surface area contributed by atoms with Crippen molar-refractivity contribution in [3.63, 3.8) is 0 Å². The number of carbonyl (C=O) groups is 2. The summed E-state index contributed by atoms with van der Waals surface area (Å²) in [7, 11) is -5.15. The second-order valence-electron chi connectivity index (χ2n) is 16.4. The van der Waals surface area contributed by atoms with Crippen molar-refractivity contribution in [2.24, 2.45) is 0 Å². The van der Waals surface area contributed by atoms with E-state index < -0.39 is 81.8 Å². The lowest BCUT2D eigenvalue weighted by Crippen LogP contribution is -2.64. The Kier molecular flexibility index (Phi) is 35.5. The highest BCUT2D eigenvalue weighted by atomic mass is 31.2. The third-order valence-corrected chi connectivity index (χ3v) is 11.7. The fraction of sp³-hybridized carbons (Fsp3) is 0.714. The average molecular weight is 927 g/mol. The Balaban J connectivity index is 2.50. The zero-order chi connectivity index (χ0) is 47.3. The van der Waals surface area contributed by atoms with Gasteiger partial charge in [0, 0.05) is 12.8 Å². The Morgan fingerprint density at radius 1 is 0.562 bits per heavy atom. The predicted molar refractivity (Wildman–Crippen MR) is 250 cm³/mol. The SMILES string of the molecule is CCCCCCCC/C=C\CCCCCCCCCC(=O)OC[C@H](COP(=O)(O)OC1[C@H](O)[C@H](O)C(O)[C@H](O)[C@H]1O)OC(=O)CCC/C=C\C/C=C\C/C=C\C/C=C\C=C\[C@H](O)CC. The molecule has 0 aromatic carbocycles. The maximum Gasteiger partial charge on any atom is 0.472 e. The molecule has 14 nitrogen and oxygen atoms in total. The van der Waals surface area contributed by atoms with Crippen molar-refractivity contribution in [2.45, 2.75) is 210 Å². The molecule has 0 aliphatic heterocycles. The fourth-order valence-electron chi connectivity index (χ4n) is 6.68. The smallest absolute Gasteiger partial charge is 0.462 e. The molecule has 0 aromatic heterocycles. The predicted octanol–water partition coefficient (Wildman–Crippen LogP) is 8.47. The number of rotatable bonds is 38. The maximum absolute atomic E-state index is 12.8. The molecule has 0 heterocycles. The lowest BCUT2D eigenvalue weighted by atomic mass is 9.85. The summed E-state index contributed by atoms with van der Waals surface area (Å²) in [6, 6.07) is 0. The molecule has 0 saturated heterocycles. The molecule has 0 bridgehead atoms. The van der Waals surface area contributed by atoms with Gasteiger partial charge in [0.05, 0.1) is 12.7 Å². The van der Waals surface area contributed by atoms with Crippen molar-refractivity contribution in [1.29, 1.82) is 0 Å². The Hall–Kier alpha value is -2.75. The Labute approximate surface area is 383 Å². The Morgan fingerprint density at radius 2 is 1.03 bits per heavy atom. The van der Waals surface area contributed by atoms with E-state index in [1.807, 2.05) is 43.4 Å². The van der Waals surface area contributed by atoms with Crippen molar-refractivity contribution in [3.8, 4) is 0 Å². The van der Waals surface area contributed by atoms with Gasteiger partial charge in [0.15, 0.2) is 6.10 Å². The van der Waals surface area contributed by atoms with Gasteiger partial charge < -0.3 is 45.0 Å². The molecule has 1 saturated carbocycles. The lowest BCUT2D eigenvalue weighted by Gasteiger charge is -2.41. The number of allylic oxidation sites excluding steroid dienone is 11. The first-order chi connectivity index (χ1) is 30.8. The number of esters is 2. The summed E-state index contributed by atoms with van der Waals surface area (Å²) in [6.45, 7) is 2.91. The van der Waals surface area contributed by atoms with Crippen LogP contribution >= 0.6 is 7.82 Å². The van der Waals surface area contributed by atoms with Crippen LogP contribution in [0.5, 0.6) is 0 Å². The van der Waals surface area contributed by atoms with Crippen molar-refractivity contribution in [2.75, 3.05) is 13.2 Å². The molecule has 15 heteroatoms. The number of aliphatic hydroxyl groups is 6. The number of hydrogen-bond acceptors (Lipinski definition) is 13.